The fourth-order valence-electron chi connectivity index (χ4n) is 2.59. The first kappa shape index (κ1) is 16.6. The Labute approximate surface area is 144 Å². The van der Waals surface area contributed by atoms with E-state index in [1.54, 1.807) is 31.2 Å². The van der Waals surface area contributed by atoms with E-state index < -0.39 is 11.5 Å². The Hall–Kier alpha value is -3.28. The molecule has 1 aromatic heterocycles. The van der Waals surface area contributed by atoms with Crippen molar-refractivity contribution in [2.24, 2.45) is 0 Å². The van der Waals surface area contributed by atoms with Crippen LogP contribution in [0.5, 0.6) is 5.75 Å². The van der Waals surface area contributed by atoms with Gasteiger partial charge in [0.1, 0.15) is 17.9 Å². The van der Waals surface area contributed by atoms with E-state index in [1.165, 1.54) is 0 Å². The summed E-state index contributed by atoms with van der Waals surface area (Å²) in [7, 11) is 0. The lowest BCUT2D eigenvalue weighted by Crippen LogP contribution is -2.35. The van der Waals surface area contributed by atoms with Crippen molar-refractivity contribution in [2.45, 2.75) is 13.5 Å². The van der Waals surface area contributed by atoms with Crippen LogP contribution >= 0.6 is 0 Å². The van der Waals surface area contributed by atoms with Crippen molar-refractivity contribution in [3.05, 3.63) is 76.1 Å². The molecule has 128 valence electrons. The molecule has 0 fully saturated rings. The second-order valence-corrected chi connectivity index (χ2v) is 5.46. The maximum atomic E-state index is 12.8. The van der Waals surface area contributed by atoms with Crippen LogP contribution in [0.15, 0.2) is 59.4 Å². The highest BCUT2D eigenvalue weighted by atomic mass is 16.7. The van der Waals surface area contributed by atoms with Crippen molar-refractivity contribution in [1.82, 2.24) is 10.0 Å². The molecule has 6 nitrogen and oxygen atoms in total. The van der Waals surface area contributed by atoms with Gasteiger partial charge < -0.3 is 15.3 Å². The van der Waals surface area contributed by atoms with E-state index in [1.807, 2.05) is 30.3 Å². The first-order valence-corrected chi connectivity index (χ1v) is 7.95. The number of hydrogen-bond donors (Lipinski definition) is 2. The third-order valence-corrected chi connectivity index (χ3v) is 3.78. The maximum absolute atomic E-state index is 12.8. The SMILES string of the molecule is CCNC(=O)c1c(O)c2ccccc2n(OCc2ccccc2)c1=O. The number of hydrogen-bond acceptors (Lipinski definition) is 4. The number of aromatic nitrogens is 1. The van der Waals surface area contributed by atoms with Crippen LogP contribution in [-0.2, 0) is 6.61 Å². The van der Waals surface area contributed by atoms with Gasteiger partial charge in [0.05, 0.1) is 5.52 Å². The summed E-state index contributed by atoms with van der Waals surface area (Å²) in [5.41, 5.74) is 0.256. The van der Waals surface area contributed by atoms with E-state index in [0.717, 1.165) is 10.3 Å². The van der Waals surface area contributed by atoms with Crippen LogP contribution in [0.2, 0.25) is 0 Å². The summed E-state index contributed by atoms with van der Waals surface area (Å²) in [6.45, 7) is 2.24. The number of aromatic hydroxyl groups is 1. The number of nitrogens with zero attached hydrogens (tertiary/aromatic N) is 1. The Morgan fingerprint density at radius 2 is 1.80 bits per heavy atom. The maximum Gasteiger partial charge on any atom is 0.300 e. The third kappa shape index (κ3) is 3.19. The average Bonchev–Trinajstić information content (AvgIpc) is 2.63. The zero-order valence-electron chi connectivity index (χ0n) is 13.7. The number of nitrogens with one attached hydrogen (secondary N) is 1. The Balaban J connectivity index is 2.12. The Bertz CT molecular complexity index is 964. The molecule has 0 saturated carbocycles. The lowest BCUT2D eigenvalue weighted by Gasteiger charge is -2.15. The molecule has 0 bridgehead atoms. The topological polar surface area (TPSA) is 80.6 Å². The van der Waals surface area contributed by atoms with Crippen LogP contribution in [0.3, 0.4) is 0 Å². The molecule has 1 amide bonds. The van der Waals surface area contributed by atoms with Crippen LogP contribution in [0.25, 0.3) is 10.9 Å². The number of benzene rings is 2. The van der Waals surface area contributed by atoms with Crippen LogP contribution in [-0.4, -0.2) is 22.3 Å². The number of para-hydroxylation sites is 1. The fraction of sp³-hybridized carbons (Fsp3) is 0.158. The molecule has 3 aromatic rings. The molecular formula is C19H18N2O4. The summed E-state index contributed by atoms with van der Waals surface area (Å²) in [4.78, 5) is 30.6. The zero-order chi connectivity index (χ0) is 17.8. The first-order valence-electron chi connectivity index (χ1n) is 7.95. The summed E-state index contributed by atoms with van der Waals surface area (Å²) >= 11 is 0. The number of pyridine rings is 1. The van der Waals surface area contributed by atoms with Gasteiger partial charge in [0.25, 0.3) is 11.5 Å². The van der Waals surface area contributed by atoms with Gasteiger partial charge in [-0.05, 0) is 24.6 Å². The zero-order valence-corrected chi connectivity index (χ0v) is 13.7. The highest BCUT2D eigenvalue weighted by Crippen LogP contribution is 2.25. The van der Waals surface area contributed by atoms with Gasteiger partial charge in [0.15, 0.2) is 0 Å². The molecule has 0 saturated heterocycles. The van der Waals surface area contributed by atoms with Crippen LogP contribution in [0.1, 0.15) is 22.8 Å². The number of carbonyl (C=O) groups excluding carboxylic acids is 1. The Kier molecular flexibility index (Phi) is 4.70. The molecule has 6 heteroatoms. The molecule has 0 spiro atoms. The molecule has 25 heavy (non-hydrogen) atoms. The average molecular weight is 338 g/mol. The van der Waals surface area contributed by atoms with Gasteiger partial charge >= 0.3 is 0 Å². The van der Waals surface area contributed by atoms with Gasteiger partial charge in [0, 0.05) is 11.9 Å². The summed E-state index contributed by atoms with van der Waals surface area (Å²) in [6, 6.07) is 16.1. The predicted octanol–water partition coefficient (Wildman–Crippen LogP) is 2.09. The molecule has 0 radical (unpaired) electrons. The summed E-state index contributed by atoms with van der Waals surface area (Å²) in [6.07, 6.45) is 0. The van der Waals surface area contributed by atoms with E-state index >= 15 is 0 Å². The molecular weight excluding hydrogens is 320 g/mol. The number of amides is 1. The van der Waals surface area contributed by atoms with Gasteiger partial charge in [-0.2, -0.15) is 0 Å². The Morgan fingerprint density at radius 1 is 1.12 bits per heavy atom. The number of fused-ring (bicyclic) bond motifs is 1. The molecule has 0 aliphatic rings. The number of carbonyl (C=O) groups is 1. The van der Waals surface area contributed by atoms with Crippen molar-refractivity contribution >= 4 is 16.8 Å². The quantitative estimate of drug-likeness (QED) is 0.746. The second kappa shape index (κ2) is 7.09. The van der Waals surface area contributed by atoms with Crippen molar-refractivity contribution in [3.63, 3.8) is 0 Å². The fourth-order valence-corrected chi connectivity index (χ4v) is 2.59. The molecule has 0 aliphatic heterocycles. The van der Waals surface area contributed by atoms with Crippen molar-refractivity contribution in [1.29, 1.82) is 0 Å². The predicted molar refractivity (Wildman–Crippen MR) is 94.6 cm³/mol. The van der Waals surface area contributed by atoms with Crippen molar-refractivity contribution in [2.75, 3.05) is 6.54 Å². The van der Waals surface area contributed by atoms with Gasteiger partial charge in [-0.3, -0.25) is 9.59 Å². The summed E-state index contributed by atoms with van der Waals surface area (Å²) in [5.74, 6) is -0.973. The minimum Gasteiger partial charge on any atom is -0.506 e. The minimum atomic E-state index is -0.696. The monoisotopic (exact) mass is 338 g/mol. The van der Waals surface area contributed by atoms with Gasteiger partial charge in [-0.25, -0.2) is 0 Å². The van der Waals surface area contributed by atoms with Crippen LogP contribution in [0.4, 0.5) is 0 Å². The van der Waals surface area contributed by atoms with E-state index in [4.69, 9.17) is 4.84 Å². The summed E-state index contributed by atoms with van der Waals surface area (Å²) in [5, 5.41) is 13.3. The normalized spacial score (nSPS) is 10.6. The highest BCUT2D eigenvalue weighted by molar-refractivity contribution is 6.02. The molecule has 1 heterocycles. The number of rotatable bonds is 5. The van der Waals surface area contributed by atoms with Crippen LogP contribution < -0.4 is 15.7 Å². The molecule has 0 aliphatic carbocycles. The molecule has 2 aromatic carbocycles. The second-order valence-electron chi connectivity index (χ2n) is 5.46. The molecule has 0 unspecified atom stereocenters. The highest BCUT2D eigenvalue weighted by Gasteiger charge is 2.22. The third-order valence-electron chi connectivity index (χ3n) is 3.78. The van der Waals surface area contributed by atoms with Gasteiger partial charge in [-0.15, -0.1) is 4.73 Å². The lowest BCUT2D eigenvalue weighted by molar-refractivity contribution is 0.0899. The van der Waals surface area contributed by atoms with Gasteiger partial charge in [-0.1, -0.05) is 42.5 Å². The molecule has 3 rings (SSSR count). The van der Waals surface area contributed by atoms with Crippen molar-refractivity contribution in [3.8, 4) is 5.75 Å². The lowest BCUT2D eigenvalue weighted by atomic mass is 10.1. The minimum absolute atomic E-state index is 0.157. The standard InChI is InChI=1S/C19H18N2O4/c1-2-20-18(23)16-17(22)14-10-6-7-11-15(14)21(19(16)24)25-12-13-8-4-3-5-9-13/h3-11,22H,2,12H2,1H3,(H,20,23). The Morgan fingerprint density at radius 3 is 2.52 bits per heavy atom. The summed E-state index contributed by atoms with van der Waals surface area (Å²) < 4.78 is 1.06. The largest absolute Gasteiger partial charge is 0.506 e. The van der Waals surface area contributed by atoms with Crippen molar-refractivity contribution < 1.29 is 14.7 Å². The van der Waals surface area contributed by atoms with E-state index in [0.29, 0.717) is 17.4 Å². The van der Waals surface area contributed by atoms with E-state index in [-0.39, 0.29) is 17.9 Å². The molecule has 0 atom stereocenters. The van der Waals surface area contributed by atoms with Gasteiger partial charge in [0.2, 0.25) is 0 Å². The van der Waals surface area contributed by atoms with E-state index in [2.05, 4.69) is 5.32 Å². The smallest absolute Gasteiger partial charge is 0.300 e. The van der Waals surface area contributed by atoms with Crippen LogP contribution in [0, 0.1) is 0 Å². The molecule has 2 N–H and O–H groups in total. The van der Waals surface area contributed by atoms with E-state index in [9.17, 15) is 14.7 Å². The first-order chi connectivity index (χ1) is 12.1.